The summed E-state index contributed by atoms with van der Waals surface area (Å²) in [6.07, 6.45) is 4.66. The molecule has 36 heavy (non-hydrogen) atoms. The lowest BCUT2D eigenvalue weighted by molar-refractivity contribution is 0.147. The Balaban J connectivity index is 0.00000361. The molecule has 0 aliphatic heterocycles. The Morgan fingerprint density at radius 1 is 1.11 bits per heavy atom. The van der Waals surface area contributed by atoms with E-state index in [0.29, 0.717) is 17.9 Å². The fraction of sp³-hybridized carbons (Fsp3) is 0.346. The third-order valence-corrected chi connectivity index (χ3v) is 5.49. The topological polar surface area (TPSA) is 118 Å². The smallest absolute Gasteiger partial charge is 0.413 e. The van der Waals surface area contributed by atoms with Crippen LogP contribution < -0.4 is 5.32 Å². The number of likely N-dealkylation sites (N-methyl/N-ethyl adjacent to an activating group) is 1. The van der Waals surface area contributed by atoms with Crippen molar-refractivity contribution in [3.8, 4) is 22.5 Å². The molecule has 4 rings (SSSR count). The van der Waals surface area contributed by atoms with Crippen molar-refractivity contribution >= 4 is 23.1 Å². The van der Waals surface area contributed by atoms with E-state index >= 15 is 0 Å². The van der Waals surface area contributed by atoms with E-state index in [1.165, 1.54) is 0 Å². The summed E-state index contributed by atoms with van der Waals surface area (Å²) in [7, 11) is 1.71. The van der Waals surface area contributed by atoms with Gasteiger partial charge in [-0.1, -0.05) is 20.4 Å². The number of amides is 1. The largest absolute Gasteiger partial charge is 0.450 e. The summed E-state index contributed by atoms with van der Waals surface area (Å²) in [6.45, 7) is 7.36. The second-order valence-electron chi connectivity index (χ2n) is 7.82. The number of ether oxygens (including phenoxy) is 2. The van der Waals surface area contributed by atoms with Gasteiger partial charge in [-0.05, 0) is 43.3 Å². The number of hydrogen-bond donors (Lipinski definition) is 2. The van der Waals surface area contributed by atoms with Gasteiger partial charge in [0.15, 0.2) is 5.82 Å². The summed E-state index contributed by atoms with van der Waals surface area (Å²) in [4.78, 5) is 35.4. The van der Waals surface area contributed by atoms with E-state index < -0.39 is 6.09 Å². The van der Waals surface area contributed by atoms with Crippen LogP contribution in [0.4, 0.5) is 10.7 Å². The fourth-order valence-electron chi connectivity index (χ4n) is 3.70. The van der Waals surface area contributed by atoms with Crippen LogP contribution in [0.5, 0.6) is 0 Å². The number of carbonyl (C=O) groups is 1. The molecule has 0 saturated heterocycles. The Bertz CT molecular complexity index is 1260. The van der Waals surface area contributed by atoms with Crippen molar-refractivity contribution in [1.29, 1.82) is 0 Å². The first kappa shape index (κ1) is 26.7. The minimum atomic E-state index is -0.573. The molecular formula is C26H33N7O3. The van der Waals surface area contributed by atoms with Crippen molar-refractivity contribution in [3.63, 3.8) is 0 Å². The molecule has 0 unspecified atom stereocenters. The molecule has 3 aromatic heterocycles. The molecule has 0 bridgehead atoms. The van der Waals surface area contributed by atoms with Crippen molar-refractivity contribution in [2.75, 3.05) is 38.7 Å². The third kappa shape index (κ3) is 6.41. The van der Waals surface area contributed by atoms with Gasteiger partial charge in [-0.25, -0.2) is 19.7 Å². The number of benzene rings is 1. The minimum absolute atomic E-state index is 0. The normalized spacial score (nSPS) is 10.9. The number of hydrogen-bond acceptors (Lipinski definition) is 8. The van der Waals surface area contributed by atoms with Crippen molar-refractivity contribution in [2.24, 2.45) is 0 Å². The van der Waals surface area contributed by atoms with Crippen LogP contribution in [-0.4, -0.2) is 69.3 Å². The maximum atomic E-state index is 11.9. The summed E-state index contributed by atoms with van der Waals surface area (Å²) < 4.78 is 10.2. The number of imidazole rings is 1. The summed E-state index contributed by atoms with van der Waals surface area (Å²) in [6, 6.07) is 9.81. The molecule has 4 aromatic rings. The van der Waals surface area contributed by atoms with Gasteiger partial charge < -0.3 is 14.5 Å². The lowest BCUT2D eigenvalue weighted by Crippen LogP contribution is -2.27. The SMILES string of the molecule is C.CCOC(=O)Nc1nc2c(-c3ncccn3)cc(-c3ccc(CN(CC)CCOC)nc3)cc2[nH]1. The summed E-state index contributed by atoms with van der Waals surface area (Å²) in [5.41, 5.74) is 4.99. The fourth-order valence-corrected chi connectivity index (χ4v) is 3.70. The molecule has 1 amide bonds. The highest BCUT2D eigenvalue weighted by Crippen LogP contribution is 2.32. The Morgan fingerprint density at radius 3 is 2.58 bits per heavy atom. The van der Waals surface area contributed by atoms with E-state index in [-0.39, 0.29) is 20.0 Å². The maximum absolute atomic E-state index is 11.9. The van der Waals surface area contributed by atoms with E-state index in [0.717, 1.165) is 47.5 Å². The molecule has 0 fully saturated rings. The lowest BCUT2D eigenvalue weighted by atomic mass is 10.0. The number of pyridine rings is 1. The predicted molar refractivity (Wildman–Crippen MR) is 141 cm³/mol. The maximum Gasteiger partial charge on any atom is 0.413 e. The molecule has 1 aromatic carbocycles. The van der Waals surface area contributed by atoms with Crippen LogP contribution in [0.1, 0.15) is 27.0 Å². The average Bonchev–Trinajstić information content (AvgIpc) is 3.29. The number of rotatable bonds is 10. The van der Waals surface area contributed by atoms with Gasteiger partial charge in [-0.15, -0.1) is 0 Å². The molecular weight excluding hydrogens is 458 g/mol. The molecule has 10 heteroatoms. The van der Waals surface area contributed by atoms with Crippen molar-refractivity contribution in [3.05, 3.63) is 54.6 Å². The van der Waals surface area contributed by atoms with Crippen molar-refractivity contribution in [2.45, 2.75) is 27.8 Å². The Kier molecular flexibility index (Phi) is 9.43. The van der Waals surface area contributed by atoms with E-state index in [4.69, 9.17) is 9.47 Å². The zero-order valence-corrected chi connectivity index (χ0v) is 20.1. The van der Waals surface area contributed by atoms with Gasteiger partial charge in [0.25, 0.3) is 0 Å². The molecule has 0 radical (unpaired) electrons. The van der Waals surface area contributed by atoms with Crippen LogP contribution >= 0.6 is 0 Å². The van der Waals surface area contributed by atoms with Crippen LogP contribution in [-0.2, 0) is 16.0 Å². The van der Waals surface area contributed by atoms with Gasteiger partial charge in [-0.2, -0.15) is 0 Å². The molecule has 190 valence electrons. The number of aromatic amines is 1. The number of H-pyrrole nitrogens is 1. The average molecular weight is 492 g/mol. The van der Waals surface area contributed by atoms with E-state index in [2.05, 4.69) is 48.1 Å². The Labute approximate surface area is 211 Å². The molecule has 3 heterocycles. The van der Waals surface area contributed by atoms with Gasteiger partial charge in [-0.3, -0.25) is 15.2 Å². The standard InChI is InChI=1S/C25H29N7O3.CH4/c1-4-32(11-12-34-3)16-19-8-7-17(15-28-19)18-13-20(23-26-9-6-10-27-23)22-21(14-18)29-24(30-22)31-25(33)35-5-2;/h6-10,13-15H,4-5,11-12,16H2,1-3H3,(H2,29,30,31,33);1H4. The highest BCUT2D eigenvalue weighted by Gasteiger charge is 2.16. The zero-order valence-electron chi connectivity index (χ0n) is 20.1. The van der Waals surface area contributed by atoms with Crippen LogP contribution in [0, 0.1) is 0 Å². The first-order valence-electron chi connectivity index (χ1n) is 11.5. The lowest BCUT2D eigenvalue weighted by Gasteiger charge is -2.19. The Morgan fingerprint density at radius 2 is 1.92 bits per heavy atom. The molecule has 2 N–H and O–H groups in total. The molecule has 0 spiro atoms. The van der Waals surface area contributed by atoms with Crippen molar-refractivity contribution < 1.29 is 14.3 Å². The summed E-state index contributed by atoms with van der Waals surface area (Å²) in [5.74, 6) is 0.826. The van der Waals surface area contributed by atoms with Gasteiger partial charge in [0.2, 0.25) is 5.95 Å². The number of nitrogens with one attached hydrogen (secondary N) is 2. The number of nitrogens with zero attached hydrogens (tertiary/aromatic N) is 5. The monoisotopic (exact) mass is 491 g/mol. The first-order valence-corrected chi connectivity index (χ1v) is 11.5. The molecule has 10 nitrogen and oxygen atoms in total. The van der Waals surface area contributed by atoms with Crippen LogP contribution in [0.3, 0.4) is 0 Å². The highest BCUT2D eigenvalue weighted by molar-refractivity contribution is 5.96. The second-order valence-corrected chi connectivity index (χ2v) is 7.82. The third-order valence-electron chi connectivity index (χ3n) is 5.49. The first-order chi connectivity index (χ1) is 17.1. The zero-order chi connectivity index (χ0) is 24.6. The van der Waals surface area contributed by atoms with Crippen LogP contribution in [0.15, 0.2) is 48.9 Å². The number of methoxy groups -OCH3 is 1. The van der Waals surface area contributed by atoms with Crippen LogP contribution in [0.25, 0.3) is 33.5 Å². The van der Waals surface area contributed by atoms with Gasteiger partial charge in [0, 0.05) is 49.9 Å². The van der Waals surface area contributed by atoms with E-state index in [1.807, 2.05) is 24.4 Å². The number of aromatic nitrogens is 5. The quantitative estimate of drug-likeness (QED) is 0.326. The Hall–Kier alpha value is -3.89. The summed E-state index contributed by atoms with van der Waals surface area (Å²) in [5, 5.41) is 2.62. The molecule has 0 aliphatic rings. The van der Waals surface area contributed by atoms with Gasteiger partial charge >= 0.3 is 6.09 Å². The van der Waals surface area contributed by atoms with Gasteiger partial charge in [0.1, 0.15) is 5.52 Å². The number of carbonyl (C=O) groups excluding carboxylic acids is 1. The van der Waals surface area contributed by atoms with Crippen LogP contribution in [0.2, 0.25) is 0 Å². The van der Waals surface area contributed by atoms with Gasteiger partial charge in [0.05, 0.1) is 24.4 Å². The van der Waals surface area contributed by atoms with E-state index in [1.54, 1.807) is 32.5 Å². The molecule has 0 saturated carbocycles. The highest BCUT2D eigenvalue weighted by atomic mass is 16.5. The minimum Gasteiger partial charge on any atom is -0.450 e. The van der Waals surface area contributed by atoms with Crippen molar-refractivity contribution in [1.82, 2.24) is 29.8 Å². The second kappa shape index (κ2) is 12.7. The number of fused-ring (bicyclic) bond motifs is 1. The summed E-state index contributed by atoms with van der Waals surface area (Å²) >= 11 is 0. The number of anilines is 1. The van der Waals surface area contributed by atoms with E-state index in [9.17, 15) is 4.79 Å². The predicted octanol–water partition coefficient (Wildman–Crippen LogP) is 4.75. The molecule has 0 atom stereocenters. The molecule has 0 aliphatic carbocycles.